The quantitative estimate of drug-likeness (QED) is 0.832. The third kappa shape index (κ3) is 3.96. The topological polar surface area (TPSA) is 114 Å². The normalized spacial score (nSPS) is 13.9. The van der Waals surface area contributed by atoms with Crippen LogP contribution in [0.3, 0.4) is 0 Å². The summed E-state index contributed by atoms with van der Waals surface area (Å²) in [4.78, 5) is 0. The van der Waals surface area contributed by atoms with E-state index in [9.17, 15) is 13.7 Å². The smallest absolute Gasteiger partial charge is 0.171 e. The molecule has 132 valence electrons. The van der Waals surface area contributed by atoms with Crippen molar-refractivity contribution in [3.8, 4) is 6.07 Å². The third-order valence-corrected chi connectivity index (χ3v) is 6.01. The summed E-state index contributed by atoms with van der Waals surface area (Å²) in [5.74, 6) is 0.589. The maximum absolute atomic E-state index is 11.6. The van der Waals surface area contributed by atoms with Gasteiger partial charge >= 0.3 is 0 Å². The number of hydrogen-bond acceptors (Lipinski definition) is 7. The zero-order valence-corrected chi connectivity index (χ0v) is 14.9. The Morgan fingerprint density at radius 1 is 1.32 bits per heavy atom. The van der Waals surface area contributed by atoms with E-state index in [2.05, 4.69) is 26.7 Å². The summed E-state index contributed by atoms with van der Waals surface area (Å²) >= 11 is 0. The highest BCUT2D eigenvalue weighted by atomic mass is 32.2. The number of rotatable bonds is 6. The van der Waals surface area contributed by atoms with Gasteiger partial charge in [0.05, 0.1) is 29.9 Å². The molecule has 1 aliphatic rings. The van der Waals surface area contributed by atoms with Gasteiger partial charge in [0.1, 0.15) is 11.6 Å². The van der Waals surface area contributed by atoms with E-state index >= 15 is 0 Å². The van der Waals surface area contributed by atoms with Gasteiger partial charge in [0.15, 0.2) is 15.7 Å². The fourth-order valence-electron chi connectivity index (χ4n) is 2.84. The van der Waals surface area contributed by atoms with Gasteiger partial charge in [0.25, 0.3) is 0 Å². The van der Waals surface area contributed by atoms with Gasteiger partial charge in [-0.15, -0.1) is 5.10 Å². The molecule has 0 unspecified atom stereocenters. The second-order valence-corrected chi connectivity index (χ2v) is 8.49. The molecule has 2 heterocycles. The molecule has 0 atom stereocenters. The summed E-state index contributed by atoms with van der Waals surface area (Å²) in [6.45, 7) is 1.92. The van der Waals surface area contributed by atoms with Crippen LogP contribution in [0.25, 0.3) is 0 Å². The minimum Gasteiger partial charge on any atom is -0.335 e. The van der Waals surface area contributed by atoms with Crippen LogP contribution in [-0.4, -0.2) is 39.9 Å². The van der Waals surface area contributed by atoms with E-state index in [-0.39, 0.29) is 11.5 Å². The number of aromatic nitrogens is 4. The zero-order chi connectivity index (χ0) is 17.9. The molecule has 0 aromatic carbocycles. The van der Waals surface area contributed by atoms with Crippen molar-refractivity contribution in [2.75, 3.05) is 16.8 Å². The molecule has 0 radical (unpaired) electrons. The minimum absolute atomic E-state index is 0.0483. The predicted molar refractivity (Wildman–Crippen MR) is 93.2 cm³/mol. The molecule has 0 fully saturated rings. The van der Waals surface area contributed by atoms with Gasteiger partial charge in [0.2, 0.25) is 0 Å². The molecule has 0 bridgehead atoms. The Labute approximate surface area is 146 Å². The second-order valence-electron chi connectivity index (χ2n) is 6.02. The molecule has 3 rings (SSSR count). The number of nitrogens with zero attached hydrogens (tertiary/aromatic N) is 5. The molecule has 2 aromatic rings. The van der Waals surface area contributed by atoms with E-state index < -0.39 is 9.84 Å². The van der Waals surface area contributed by atoms with Gasteiger partial charge < -0.3 is 5.32 Å². The van der Waals surface area contributed by atoms with E-state index in [1.807, 2.05) is 0 Å². The maximum atomic E-state index is 11.6. The third-order valence-electron chi connectivity index (χ3n) is 4.33. The van der Waals surface area contributed by atoms with Crippen molar-refractivity contribution in [3.05, 3.63) is 29.2 Å². The van der Waals surface area contributed by atoms with Crippen LogP contribution < -0.4 is 5.32 Å². The van der Waals surface area contributed by atoms with Gasteiger partial charge in [-0.1, -0.05) is 6.92 Å². The predicted octanol–water partition coefficient (Wildman–Crippen LogP) is 1.60. The van der Waals surface area contributed by atoms with Crippen LogP contribution in [0.5, 0.6) is 0 Å². The van der Waals surface area contributed by atoms with Crippen LogP contribution in [-0.2, 0) is 29.2 Å². The minimum atomic E-state index is -3.03. The maximum Gasteiger partial charge on any atom is 0.171 e. The number of nitrogens with one attached hydrogen (secondary N) is 1. The SMILES string of the molecule is CCS(=O)(=O)CCn1cc(Nc2nnc3c(c2C#N)CCCC3)cn1. The molecule has 1 aliphatic carbocycles. The lowest BCUT2D eigenvalue weighted by atomic mass is 9.93. The van der Waals surface area contributed by atoms with Crippen molar-refractivity contribution in [2.24, 2.45) is 0 Å². The summed E-state index contributed by atoms with van der Waals surface area (Å²) < 4.78 is 24.7. The van der Waals surface area contributed by atoms with Crippen molar-refractivity contribution in [1.82, 2.24) is 20.0 Å². The Kier molecular flexibility index (Phi) is 4.99. The van der Waals surface area contributed by atoms with Crippen LogP contribution in [0.15, 0.2) is 12.4 Å². The van der Waals surface area contributed by atoms with E-state index in [0.717, 1.165) is 36.9 Å². The van der Waals surface area contributed by atoms with Crippen LogP contribution in [0, 0.1) is 11.3 Å². The van der Waals surface area contributed by atoms with Crippen molar-refractivity contribution in [3.63, 3.8) is 0 Å². The number of sulfone groups is 1. The highest BCUT2D eigenvalue weighted by Crippen LogP contribution is 2.27. The summed E-state index contributed by atoms with van der Waals surface area (Å²) in [6, 6.07) is 2.23. The first-order valence-electron chi connectivity index (χ1n) is 8.31. The van der Waals surface area contributed by atoms with Gasteiger partial charge in [-0.25, -0.2) is 8.42 Å². The Balaban J connectivity index is 1.76. The largest absolute Gasteiger partial charge is 0.335 e. The molecular weight excluding hydrogens is 340 g/mol. The molecule has 8 nitrogen and oxygen atoms in total. The molecule has 0 spiro atoms. The molecule has 0 aliphatic heterocycles. The van der Waals surface area contributed by atoms with Crippen molar-refractivity contribution in [2.45, 2.75) is 39.2 Å². The average Bonchev–Trinajstić information content (AvgIpc) is 3.07. The standard InChI is InChI=1S/C16H20N6O2S/c1-2-25(23,24)8-7-22-11-12(10-18-22)19-16-14(9-17)13-5-3-4-6-15(13)20-21-16/h10-11H,2-8H2,1H3,(H,19,21). The Hall–Kier alpha value is -2.47. The first kappa shape index (κ1) is 17.4. The van der Waals surface area contributed by atoms with Crippen LogP contribution in [0.1, 0.15) is 36.6 Å². The van der Waals surface area contributed by atoms with E-state index in [1.54, 1.807) is 24.0 Å². The summed E-state index contributed by atoms with van der Waals surface area (Å²) in [6.07, 6.45) is 7.12. The molecule has 9 heteroatoms. The Bertz CT molecular complexity index is 913. The molecule has 0 saturated heterocycles. The molecule has 25 heavy (non-hydrogen) atoms. The number of hydrogen-bond donors (Lipinski definition) is 1. The van der Waals surface area contributed by atoms with Gasteiger partial charge in [-0.3, -0.25) is 4.68 Å². The first-order chi connectivity index (χ1) is 12.0. The molecule has 1 N–H and O–H groups in total. The van der Waals surface area contributed by atoms with Crippen LogP contribution >= 0.6 is 0 Å². The second kappa shape index (κ2) is 7.19. The lowest BCUT2D eigenvalue weighted by Crippen LogP contribution is -2.14. The summed E-state index contributed by atoms with van der Waals surface area (Å²) in [5, 5.41) is 25.1. The molecule has 0 amide bonds. The van der Waals surface area contributed by atoms with E-state index in [1.165, 1.54) is 0 Å². The van der Waals surface area contributed by atoms with Gasteiger partial charge in [-0.05, 0) is 31.2 Å². The number of aryl methyl sites for hydroxylation is 2. The summed E-state index contributed by atoms with van der Waals surface area (Å²) in [7, 11) is -3.03. The lowest BCUT2D eigenvalue weighted by Gasteiger charge is -2.16. The van der Waals surface area contributed by atoms with E-state index in [0.29, 0.717) is 23.6 Å². The molecule has 2 aromatic heterocycles. The molecular formula is C16H20N6O2S. The van der Waals surface area contributed by atoms with Gasteiger partial charge in [-0.2, -0.15) is 15.5 Å². The van der Waals surface area contributed by atoms with Crippen LogP contribution in [0.4, 0.5) is 11.5 Å². The number of nitriles is 1. The Morgan fingerprint density at radius 2 is 2.12 bits per heavy atom. The summed E-state index contributed by atoms with van der Waals surface area (Å²) in [5.41, 5.74) is 3.07. The monoisotopic (exact) mass is 360 g/mol. The van der Waals surface area contributed by atoms with Crippen molar-refractivity contribution >= 4 is 21.3 Å². The zero-order valence-electron chi connectivity index (χ0n) is 14.1. The van der Waals surface area contributed by atoms with Crippen molar-refractivity contribution < 1.29 is 8.42 Å². The lowest BCUT2D eigenvalue weighted by molar-refractivity contribution is 0.582. The fraction of sp³-hybridized carbons (Fsp3) is 0.500. The van der Waals surface area contributed by atoms with Gasteiger partial charge in [0, 0.05) is 11.9 Å². The highest BCUT2D eigenvalue weighted by molar-refractivity contribution is 7.91. The molecule has 0 saturated carbocycles. The Morgan fingerprint density at radius 3 is 2.88 bits per heavy atom. The van der Waals surface area contributed by atoms with Crippen LogP contribution in [0.2, 0.25) is 0 Å². The highest BCUT2D eigenvalue weighted by Gasteiger charge is 2.19. The number of anilines is 2. The first-order valence-corrected chi connectivity index (χ1v) is 10.1. The fourth-order valence-corrected chi connectivity index (χ4v) is 3.60. The average molecular weight is 360 g/mol. The van der Waals surface area contributed by atoms with E-state index in [4.69, 9.17) is 0 Å². The van der Waals surface area contributed by atoms with Crippen molar-refractivity contribution in [1.29, 1.82) is 5.26 Å². The number of fused-ring (bicyclic) bond motifs is 1.